The average molecular weight is 139 g/mol. The van der Waals surface area contributed by atoms with Crippen molar-refractivity contribution in [2.75, 3.05) is 20.6 Å². The van der Waals surface area contributed by atoms with Gasteiger partial charge in [-0.15, -0.1) is 4.75 Å². The Morgan fingerprint density at radius 2 is 1.67 bits per heavy atom. The van der Waals surface area contributed by atoms with Crippen molar-refractivity contribution in [2.45, 2.75) is 18.6 Å². The van der Waals surface area contributed by atoms with Crippen molar-refractivity contribution in [1.82, 2.24) is 4.90 Å². The Morgan fingerprint density at radius 1 is 1.33 bits per heavy atom. The summed E-state index contributed by atoms with van der Waals surface area (Å²) in [7, 11) is 4.07. The van der Waals surface area contributed by atoms with E-state index in [0.717, 1.165) is 6.54 Å². The second kappa shape index (κ2) is 4.68. The van der Waals surface area contributed by atoms with E-state index in [1.54, 1.807) is 0 Å². The van der Waals surface area contributed by atoms with Crippen molar-refractivity contribution < 1.29 is 18.9 Å². The Hall–Kier alpha value is 0.907. The molecule has 0 radical (unpaired) electrons. The van der Waals surface area contributed by atoms with Gasteiger partial charge >= 0.3 is 18.9 Å². The summed E-state index contributed by atoms with van der Waals surface area (Å²) in [5, 5.41) is 0. The van der Waals surface area contributed by atoms with Crippen molar-refractivity contribution in [3.05, 3.63) is 0 Å². The van der Waals surface area contributed by atoms with Gasteiger partial charge in [0.05, 0.1) is 0 Å². The van der Waals surface area contributed by atoms with Crippen LogP contribution >= 0.6 is 0 Å². The van der Waals surface area contributed by atoms with Gasteiger partial charge in [0.2, 0.25) is 0 Å². The molecule has 0 aromatic heterocycles. The van der Waals surface area contributed by atoms with Crippen LogP contribution in [0.4, 0.5) is 0 Å². The van der Waals surface area contributed by atoms with Crippen LogP contribution < -0.4 is 18.9 Å². The SMILES string of the molecule is CN(C)CC(C)(C)[S-].[Li+]. The molecule has 0 aliphatic rings. The van der Waals surface area contributed by atoms with E-state index in [4.69, 9.17) is 12.6 Å². The zero-order valence-electron chi connectivity index (χ0n) is 7.06. The maximum absolute atomic E-state index is 5.12. The van der Waals surface area contributed by atoms with Crippen LogP contribution in [0.1, 0.15) is 13.8 Å². The van der Waals surface area contributed by atoms with Gasteiger partial charge in [0.15, 0.2) is 0 Å². The summed E-state index contributed by atoms with van der Waals surface area (Å²) in [5.41, 5.74) is 0. The Labute approximate surface area is 75.8 Å². The van der Waals surface area contributed by atoms with Crippen LogP contribution in [-0.2, 0) is 12.6 Å². The number of hydrogen-bond donors (Lipinski definition) is 0. The van der Waals surface area contributed by atoms with E-state index >= 15 is 0 Å². The standard InChI is InChI=1S/C6H15NS.Li/c1-6(2,8)5-7(3)4;/h8H,5H2,1-4H3;/q;+1/p-1. The molecule has 0 bridgehead atoms. The van der Waals surface area contributed by atoms with Crippen molar-refractivity contribution in [3.63, 3.8) is 0 Å². The summed E-state index contributed by atoms with van der Waals surface area (Å²) in [6.45, 7) is 5.09. The fourth-order valence-electron chi connectivity index (χ4n) is 0.762. The van der Waals surface area contributed by atoms with Gasteiger partial charge in [-0.2, -0.15) is 0 Å². The van der Waals surface area contributed by atoms with E-state index < -0.39 is 0 Å². The Bertz CT molecular complexity index is 67.9. The van der Waals surface area contributed by atoms with Crippen molar-refractivity contribution in [3.8, 4) is 0 Å². The van der Waals surface area contributed by atoms with Crippen LogP contribution in [0.2, 0.25) is 0 Å². The van der Waals surface area contributed by atoms with Gasteiger partial charge in [-0.3, -0.25) is 0 Å². The molecule has 0 unspecified atom stereocenters. The summed E-state index contributed by atoms with van der Waals surface area (Å²) in [6.07, 6.45) is 0. The fraction of sp³-hybridized carbons (Fsp3) is 1.00. The third-order valence-corrected chi connectivity index (χ3v) is 0.826. The predicted molar refractivity (Wildman–Crippen MR) is 40.0 cm³/mol. The molecule has 0 N–H and O–H groups in total. The molecule has 50 valence electrons. The molecule has 0 aliphatic carbocycles. The molecule has 0 rings (SSSR count). The molecule has 0 heterocycles. The van der Waals surface area contributed by atoms with Gasteiger partial charge in [-0.25, -0.2) is 0 Å². The van der Waals surface area contributed by atoms with E-state index in [2.05, 4.69) is 18.7 Å². The van der Waals surface area contributed by atoms with E-state index in [-0.39, 0.29) is 23.6 Å². The van der Waals surface area contributed by atoms with Crippen LogP contribution in [0, 0.1) is 0 Å². The third-order valence-electron chi connectivity index (χ3n) is 0.697. The Kier molecular flexibility index (Phi) is 6.54. The molecule has 0 amide bonds. The summed E-state index contributed by atoms with van der Waals surface area (Å²) >= 11 is 5.12. The van der Waals surface area contributed by atoms with Gasteiger partial charge in [0, 0.05) is 0 Å². The molecule has 9 heavy (non-hydrogen) atoms. The van der Waals surface area contributed by atoms with E-state index in [9.17, 15) is 0 Å². The Morgan fingerprint density at radius 3 is 1.67 bits per heavy atom. The number of nitrogens with zero attached hydrogens (tertiary/aromatic N) is 1. The van der Waals surface area contributed by atoms with Crippen molar-refractivity contribution in [2.24, 2.45) is 0 Å². The molecule has 0 aliphatic heterocycles. The van der Waals surface area contributed by atoms with Crippen molar-refractivity contribution >= 4 is 12.6 Å². The van der Waals surface area contributed by atoms with E-state index in [1.807, 2.05) is 14.1 Å². The average Bonchev–Trinajstić information content (AvgIpc) is 1.21. The molecule has 0 aromatic carbocycles. The maximum Gasteiger partial charge on any atom is 1.00 e. The maximum atomic E-state index is 5.12. The van der Waals surface area contributed by atoms with Gasteiger partial charge in [0.1, 0.15) is 0 Å². The summed E-state index contributed by atoms with van der Waals surface area (Å²) in [5.74, 6) is 0. The van der Waals surface area contributed by atoms with Gasteiger partial charge < -0.3 is 17.5 Å². The molecule has 1 nitrogen and oxygen atoms in total. The zero-order valence-corrected chi connectivity index (χ0v) is 7.88. The molecule has 0 aromatic rings. The van der Waals surface area contributed by atoms with E-state index in [1.165, 1.54) is 0 Å². The number of hydrogen-bond acceptors (Lipinski definition) is 2. The fourth-order valence-corrected chi connectivity index (χ4v) is 1.02. The molecular formula is C6H14LiNS. The molecule has 0 spiro atoms. The second-order valence-corrected chi connectivity index (χ2v) is 4.10. The molecule has 0 fully saturated rings. The van der Waals surface area contributed by atoms with Crippen LogP contribution in [0.5, 0.6) is 0 Å². The first kappa shape index (κ1) is 12.6. The first-order chi connectivity index (χ1) is 3.42. The topological polar surface area (TPSA) is 3.24 Å². The molecule has 0 saturated heterocycles. The summed E-state index contributed by atoms with van der Waals surface area (Å²) in [6, 6.07) is 0. The van der Waals surface area contributed by atoms with Crippen molar-refractivity contribution in [1.29, 1.82) is 0 Å². The van der Waals surface area contributed by atoms with Crippen LogP contribution in [-0.4, -0.2) is 30.3 Å². The largest absolute Gasteiger partial charge is 1.00 e. The van der Waals surface area contributed by atoms with Crippen LogP contribution in [0.15, 0.2) is 0 Å². The monoisotopic (exact) mass is 139 g/mol. The predicted octanol–water partition coefficient (Wildman–Crippen LogP) is -2.12. The molecular weight excluding hydrogens is 125 g/mol. The molecule has 0 atom stereocenters. The van der Waals surface area contributed by atoms with Crippen LogP contribution in [0.25, 0.3) is 0 Å². The normalized spacial score (nSPS) is 11.3. The molecule has 0 saturated carbocycles. The summed E-state index contributed by atoms with van der Waals surface area (Å²) < 4.78 is 0.0312. The Balaban J connectivity index is 0. The quantitative estimate of drug-likeness (QED) is 0.318. The zero-order chi connectivity index (χ0) is 6.78. The second-order valence-electron chi connectivity index (χ2n) is 3.00. The first-order valence-electron chi connectivity index (χ1n) is 2.77. The minimum absolute atomic E-state index is 0. The minimum atomic E-state index is 0. The smallest absolute Gasteiger partial charge is 0.785 e. The number of rotatable bonds is 2. The van der Waals surface area contributed by atoms with E-state index in [0.29, 0.717) is 0 Å². The molecule has 3 heteroatoms. The van der Waals surface area contributed by atoms with Gasteiger partial charge in [-0.1, -0.05) is 13.8 Å². The first-order valence-corrected chi connectivity index (χ1v) is 3.18. The van der Waals surface area contributed by atoms with Gasteiger partial charge in [0.25, 0.3) is 0 Å². The van der Waals surface area contributed by atoms with Gasteiger partial charge in [-0.05, 0) is 20.6 Å². The van der Waals surface area contributed by atoms with Crippen LogP contribution in [0.3, 0.4) is 0 Å². The minimum Gasteiger partial charge on any atom is -0.785 e. The third kappa shape index (κ3) is 12.2. The summed E-state index contributed by atoms with van der Waals surface area (Å²) in [4.78, 5) is 2.10.